The Hall–Kier alpha value is -2.96. The van der Waals surface area contributed by atoms with E-state index in [1.165, 1.54) is 5.56 Å². The number of carbonyl (C=O) groups is 1. The zero-order valence-electron chi connectivity index (χ0n) is 17.4. The summed E-state index contributed by atoms with van der Waals surface area (Å²) in [4.78, 5) is 17.0. The minimum Gasteiger partial charge on any atom is -0.497 e. The van der Waals surface area contributed by atoms with E-state index in [1.54, 1.807) is 19.2 Å². The summed E-state index contributed by atoms with van der Waals surface area (Å²) in [5, 5.41) is 0.746. The number of piperazine rings is 1. The van der Waals surface area contributed by atoms with Gasteiger partial charge in [0.2, 0.25) is 0 Å². The van der Waals surface area contributed by atoms with Gasteiger partial charge in [-0.25, -0.2) is 0 Å². The number of amides is 1. The molecule has 1 saturated heterocycles. The van der Waals surface area contributed by atoms with Crippen LogP contribution in [-0.4, -0.2) is 49.0 Å². The number of benzene rings is 2. The topological polar surface area (TPSA) is 55.2 Å². The lowest BCUT2D eigenvalue weighted by Gasteiger charge is -2.34. The van der Waals surface area contributed by atoms with E-state index in [0.717, 1.165) is 30.4 Å². The van der Waals surface area contributed by atoms with E-state index in [0.29, 0.717) is 30.4 Å². The maximum Gasteiger partial charge on any atom is 0.289 e. The number of halogens is 1. The second-order valence-electron chi connectivity index (χ2n) is 7.43. The molecule has 0 atom stereocenters. The molecule has 7 heteroatoms. The van der Waals surface area contributed by atoms with Crippen molar-refractivity contribution >= 4 is 17.5 Å². The number of hydrogen-bond acceptors (Lipinski definition) is 5. The zero-order valence-corrected chi connectivity index (χ0v) is 18.2. The summed E-state index contributed by atoms with van der Waals surface area (Å²) in [7, 11) is 1.62. The maximum absolute atomic E-state index is 12.8. The Morgan fingerprint density at radius 3 is 2.45 bits per heavy atom. The molecule has 0 saturated carbocycles. The van der Waals surface area contributed by atoms with Crippen LogP contribution in [0, 0.1) is 0 Å². The van der Waals surface area contributed by atoms with Gasteiger partial charge in [-0.05, 0) is 54.1 Å². The first kappa shape index (κ1) is 21.3. The molecule has 0 bridgehead atoms. The van der Waals surface area contributed by atoms with Crippen LogP contribution in [0.4, 0.5) is 0 Å². The molecule has 0 unspecified atom stereocenters. The first-order valence-corrected chi connectivity index (χ1v) is 10.6. The third-order valence-corrected chi connectivity index (χ3v) is 5.50. The Kier molecular flexibility index (Phi) is 6.79. The molecule has 6 nitrogen and oxygen atoms in total. The van der Waals surface area contributed by atoms with Crippen LogP contribution in [0.5, 0.6) is 11.5 Å². The molecule has 3 aromatic rings. The van der Waals surface area contributed by atoms with Gasteiger partial charge in [-0.3, -0.25) is 9.69 Å². The second kappa shape index (κ2) is 9.90. The van der Waals surface area contributed by atoms with Crippen LogP contribution in [0.3, 0.4) is 0 Å². The van der Waals surface area contributed by atoms with E-state index in [4.69, 9.17) is 25.5 Å². The molecule has 0 N–H and O–H groups in total. The minimum absolute atomic E-state index is 0.0851. The predicted octanol–water partition coefficient (Wildman–Crippen LogP) is 4.48. The highest BCUT2D eigenvalue weighted by Crippen LogP contribution is 2.20. The summed E-state index contributed by atoms with van der Waals surface area (Å²) in [6.07, 6.45) is 0. The Bertz CT molecular complexity index is 1010. The lowest BCUT2D eigenvalue weighted by Crippen LogP contribution is -2.48. The molecule has 2 aromatic carbocycles. The largest absolute Gasteiger partial charge is 0.497 e. The summed E-state index contributed by atoms with van der Waals surface area (Å²) < 4.78 is 16.6. The van der Waals surface area contributed by atoms with Crippen LogP contribution in [-0.2, 0) is 13.2 Å². The number of ether oxygens (including phenoxy) is 2. The van der Waals surface area contributed by atoms with E-state index in [9.17, 15) is 4.79 Å². The molecule has 4 rings (SSSR count). The smallest absolute Gasteiger partial charge is 0.289 e. The number of methoxy groups -OCH3 is 1. The quantitative estimate of drug-likeness (QED) is 0.542. The third-order valence-electron chi connectivity index (χ3n) is 5.27. The lowest BCUT2D eigenvalue weighted by atomic mass is 10.2. The van der Waals surface area contributed by atoms with Crippen molar-refractivity contribution in [3.8, 4) is 11.5 Å². The zero-order chi connectivity index (χ0) is 21.6. The van der Waals surface area contributed by atoms with Gasteiger partial charge in [0.15, 0.2) is 5.76 Å². The molecule has 0 spiro atoms. The van der Waals surface area contributed by atoms with Crippen LogP contribution < -0.4 is 9.47 Å². The summed E-state index contributed by atoms with van der Waals surface area (Å²) in [5.41, 5.74) is 1.18. The van der Waals surface area contributed by atoms with Gasteiger partial charge >= 0.3 is 0 Å². The summed E-state index contributed by atoms with van der Waals surface area (Å²) in [5.74, 6) is 2.35. The van der Waals surface area contributed by atoms with Crippen molar-refractivity contribution in [1.82, 2.24) is 9.80 Å². The van der Waals surface area contributed by atoms with Crippen molar-refractivity contribution < 1.29 is 18.7 Å². The van der Waals surface area contributed by atoms with Gasteiger partial charge in [-0.1, -0.05) is 23.7 Å². The Labute approximate surface area is 186 Å². The first-order valence-electron chi connectivity index (χ1n) is 10.2. The fraction of sp³-hybridized carbons (Fsp3) is 0.292. The number of hydrogen-bond donors (Lipinski definition) is 0. The molecule has 1 fully saturated rings. The second-order valence-corrected chi connectivity index (χ2v) is 7.86. The Morgan fingerprint density at radius 2 is 1.74 bits per heavy atom. The van der Waals surface area contributed by atoms with Gasteiger partial charge in [0.1, 0.15) is 23.9 Å². The van der Waals surface area contributed by atoms with Crippen LogP contribution in [0.15, 0.2) is 65.1 Å². The number of carbonyl (C=O) groups excluding carboxylic acids is 1. The van der Waals surface area contributed by atoms with Crippen LogP contribution in [0.2, 0.25) is 5.02 Å². The van der Waals surface area contributed by atoms with Crippen molar-refractivity contribution in [3.05, 3.63) is 82.8 Å². The van der Waals surface area contributed by atoms with Crippen LogP contribution >= 0.6 is 11.6 Å². The van der Waals surface area contributed by atoms with E-state index in [1.807, 2.05) is 47.4 Å². The molecule has 31 heavy (non-hydrogen) atoms. The summed E-state index contributed by atoms with van der Waals surface area (Å²) in [6.45, 7) is 4.04. The fourth-order valence-electron chi connectivity index (χ4n) is 3.56. The SMILES string of the molecule is COc1ccc(OCc2ccc(C(=O)N3CCN(Cc4cccc(Cl)c4)CC3)o2)cc1. The van der Waals surface area contributed by atoms with E-state index < -0.39 is 0 Å². The van der Waals surface area contributed by atoms with Crippen molar-refractivity contribution in [2.75, 3.05) is 33.3 Å². The van der Waals surface area contributed by atoms with E-state index in [-0.39, 0.29) is 12.5 Å². The van der Waals surface area contributed by atoms with Crippen molar-refractivity contribution in [2.24, 2.45) is 0 Å². The average molecular weight is 441 g/mol. The van der Waals surface area contributed by atoms with E-state index in [2.05, 4.69) is 11.0 Å². The Morgan fingerprint density at radius 1 is 1.00 bits per heavy atom. The van der Waals surface area contributed by atoms with Crippen molar-refractivity contribution in [3.63, 3.8) is 0 Å². The van der Waals surface area contributed by atoms with Gasteiger partial charge in [-0.2, -0.15) is 0 Å². The van der Waals surface area contributed by atoms with Gasteiger partial charge < -0.3 is 18.8 Å². The molecular weight excluding hydrogens is 416 g/mol. The number of furan rings is 1. The first-order chi connectivity index (χ1) is 15.1. The molecule has 1 amide bonds. The monoisotopic (exact) mass is 440 g/mol. The highest BCUT2D eigenvalue weighted by Gasteiger charge is 2.24. The van der Waals surface area contributed by atoms with Crippen LogP contribution in [0.25, 0.3) is 0 Å². The maximum atomic E-state index is 12.8. The molecule has 1 aliphatic heterocycles. The highest BCUT2D eigenvalue weighted by molar-refractivity contribution is 6.30. The molecular formula is C24H25ClN2O4. The van der Waals surface area contributed by atoms with Crippen LogP contribution in [0.1, 0.15) is 21.9 Å². The van der Waals surface area contributed by atoms with Gasteiger partial charge in [0, 0.05) is 37.7 Å². The molecule has 1 aromatic heterocycles. The molecule has 0 aliphatic carbocycles. The fourth-order valence-corrected chi connectivity index (χ4v) is 3.77. The molecule has 2 heterocycles. The normalized spacial score (nSPS) is 14.5. The van der Waals surface area contributed by atoms with Crippen molar-refractivity contribution in [1.29, 1.82) is 0 Å². The molecule has 1 aliphatic rings. The molecule has 162 valence electrons. The van der Waals surface area contributed by atoms with Gasteiger partial charge in [-0.15, -0.1) is 0 Å². The van der Waals surface area contributed by atoms with Gasteiger partial charge in [0.05, 0.1) is 7.11 Å². The summed E-state index contributed by atoms with van der Waals surface area (Å²) in [6, 6.07) is 18.7. The Balaban J connectivity index is 1.26. The van der Waals surface area contributed by atoms with Crippen molar-refractivity contribution in [2.45, 2.75) is 13.2 Å². The minimum atomic E-state index is -0.0851. The number of nitrogens with zero attached hydrogens (tertiary/aromatic N) is 2. The standard InChI is InChI=1S/C24H25ClN2O4/c1-29-20-5-7-21(8-6-20)30-17-22-9-10-23(31-22)24(28)27-13-11-26(12-14-27)16-18-3-2-4-19(25)15-18/h2-10,15H,11-14,16-17H2,1H3. The van der Waals surface area contributed by atoms with Gasteiger partial charge in [0.25, 0.3) is 5.91 Å². The summed E-state index contributed by atoms with van der Waals surface area (Å²) >= 11 is 6.07. The third kappa shape index (κ3) is 5.60. The average Bonchev–Trinajstić information content (AvgIpc) is 3.27. The predicted molar refractivity (Wildman–Crippen MR) is 119 cm³/mol. The highest BCUT2D eigenvalue weighted by atomic mass is 35.5. The number of rotatable bonds is 7. The molecule has 0 radical (unpaired) electrons. The van der Waals surface area contributed by atoms with E-state index >= 15 is 0 Å². The lowest BCUT2D eigenvalue weighted by molar-refractivity contribution is 0.0594.